The second kappa shape index (κ2) is 9.45. The van der Waals surface area contributed by atoms with Crippen molar-refractivity contribution >= 4 is 32.8 Å². The van der Waals surface area contributed by atoms with Gasteiger partial charge in [-0.1, -0.05) is 30.3 Å². The predicted molar refractivity (Wildman–Crippen MR) is 125 cm³/mol. The Bertz CT molecular complexity index is 1070. The van der Waals surface area contributed by atoms with Crippen LogP contribution in [0.3, 0.4) is 0 Å². The molecular weight excluding hydrogens is 416 g/mol. The number of rotatable bonds is 8. The van der Waals surface area contributed by atoms with Gasteiger partial charge in [0.25, 0.3) is 0 Å². The van der Waals surface area contributed by atoms with Crippen LogP contribution in [0.25, 0.3) is 10.9 Å². The van der Waals surface area contributed by atoms with Gasteiger partial charge in [-0.15, -0.1) is 0 Å². The molecule has 0 saturated carbocycles. The van der Waals surface area contributed by atoms with Crippen LogP contribution in [0.1, 0.15) is 29.9 Å². The van der Waals surface area contributed by atoms with Crippen LogP contribution in [0.5, 0.6) is 5.75 Å². The summed E-state index contributed by atoms with van der Waals surface area (Å²) in [5, 5.41) is 1.02. The summed E-state index contributed by atoms with van der Waals surface area (Å²) in [5.41, 5.74) is 3.65. The van der Waals surface area contributed by atoms with Gasteiger partial charge in [0.2, 0.25) is 0 Å². The molecule has 160 valence electrons. The van der Waals surface area contributed by atoms with Crippen LogP contribution >= 0.6 is 11.8 Å². The Morgan fingerprint density at radius 3 is 2.63 bits per heavy atom. The van der Waals surface area contributed by atoms with Crippen LogP contribution in [0, 0.1) is 0 Å². The van der Waals surface area contributed by atoms with E-state index in [9.17, 15) is 8.42 Å². The third kappa shape index (κ3) is 5.59. The zero-order chi connectivity index (χ0) is 21.0. The normalized spacial score (nSPS) is 16.2. The van der Waals surface area contributed by atoms with Crippen molar-refractivity contribution in [3.63, 3.8) is 0 Å². The molecule has 4 rings (SSSR count). The molecular formula is C23H28N2O3S2. The SMILES string of the molecule is CS(=O)(=O)Oc1ccc2[nH]cc(CSCCN3CCC(c4ccccc4)CC3)c2c1. The third-order valence-electron chi connectivity index (χ3n) is 5.65. The third-order valence-corrected chi connectivity index (χ3v) is 7.14. The molecule has 1 aromatic heterocycles. The van der Waals surface area contributed by atoms with E-state index in [2.05, 4.69) is 40.2 Å². The van der Waals surface area contributed by atoms with E-state index in [1.807, 2.05) is 24.0 Å². The Kier molecular flexibility index (Phi) is 6.71. The molecule has 1 fully saturated rings. The predicted octanol–water partition coefficient (Wildman–Crippen LogP) is 4.62. The van der Waals surface area contributed by atoms with Crippen molar-refractivity contribution in [1.29, 1.82) is 0 Å². The van der Waals surface area contributed by atoms with Crippen molar-refractivity contribution in [2.24, 2.45) is 0 Å². The first kappa shape index (κ1) is 21.3. The maximum absolute atomic E-state index is 11.4. The quantitative estimate of drug-likeness (QED) is 0.406. The zero-order valence-corrected chi connectivity index (χ0v) is 18.8. The number of aromatic nitrogens is 1. The van der Waals surface area contributed by atoms with Gasteiger partial charge in [-0.3, -0.25) is 0 Å². The molecule has 0 atom stereocenters. The largest absolute Gasteiger partial charge is 0.383 e. The number of hydrogen-bond acceptors (Lipinski definition) is 5. The number of fused-ring (bicyclic) bond motifs is 1. The van der Waals surface area contributed by atoms with Crippen molar-refractivity contribution < 1.29 is 12.6 Å². The number of aromatic amines is 1. The molecule has 7 heteroatoms. The molecule has 1 aliphatic rings. The second-order valence-electron chi connectivity index (χ2n) is 7.89. The maximum atomic E-state index is 11.4. The van der Waals surface area contributed by atoms with Crippen molar-refractivity contribution in [3.8, 4) is 5.75 Å². The topological polar surface area (TPSA) is 62.4 Å². The van der Waals surface area contributed by atoms with Crippen molar-refractivity contribution in [2.75, 3.05) is 31.6 Å². The van der Waals surface area contributed by atoms with Crippen molar-refractivity contribution in [1.82, 2.24) is 9.88 Å². The second-order valence-corrected chi connectivity index (χ2v) is 10.6. The molecule has 1 aliphatic heterocycles. The highest BCUT2D eigenvalue weighted by Gasteiger charge is 2.20. The molecule has 0 unspecified atom stereocenters. The van der Waals surface area contributed by atoms with Crippen LogP contribution in [0.15, 0.2) is 54.7 Å². The summed E-state index contributed by atoms with van der Waals surface area (Å²) in [4.78, 5) is 5.83. The van der Waals surface area contributed by atoms with Gasteiger partial charge in [0, 0.05) is 35.2 Å². The van der Waals surface area contributed by atoms with Gasteiger partial charge in [-0.05, 0) is 61.2 Å². The lowest BCUT2D eigenvalue weighted by atomic mass is 9.89. The Balaban J connectivity index is 1.25. The summed E-state index contributed by atoms with van der Waals surface area (Å²) < 4.78 is 27.8. The Hall–Kier alpha value is -1.96. The number of nitrogens with one attached hydrogen (secondary N) is 1. The number of benzene rings is 2. The smallest absolute Gasteiger partial charge is 0.306 e. The lowest BCUT2D eigenvalue weighted by Crippen LogP contribution is -2.34. The Morgan fingerprint density at radius 2 is 1.90 bits per heavy atom. The molecule has 0 bridgehead atoms. The van der Waals surface area contributed by atoms with E-state index >= 15 is 0 Å². The highest BCUT2D eigenvalue weighted by atomic mass is 32.2. The molecule has 1 saturated heterocycles. The Labute approximate surface area is 182 Å². The number of likely N-dealkylation sites (tertiary alicyclic amines) is 1. The summed E-state index contributed by atoms with van der Waals surface area (Å²) in [7, 11) is -3.52. The van der Waals surface area contributed by atoms with Gasteiger partial charge in [0.15, 0.2) is 0 Å². The zero-order valence-electron chi connectivity index (χ0n) is 17.2. The standard InChI is InChI=1S/C23H28N2O3S2/c1-30(26,27)28-21-7-8-23-22(15-21)20(16-24-23)17-29-14-13-25-11-9-19(10-12-25)18-5-3-2-4-6-18/h2-8,15-16,19,24H,9-14,17H2,1H3. The van der Waals surface area contributed by atoms with Gasteiger partial charge in [0.1, 0.15) is 5.75 Å². The summed E-state index contributed by atoms with van der Waals surface area (Å²) in [6.45, 7) is 3.44. The molecule has 3 aromatic rings. The molecule has 0 aliphatic carbocycles. The van der Waals surface area contributed by atoms with Gasteiger partial charge < -0.3 is 14.1 Å². The number of H-pyrrole nitrogens is 1. The lowest BCUT2D eigenvalue weighted by molar-refractivity contribution is 0.224. The highest BCUT2D eigenvalue weighted by molar-refractivity contribution is 7.98. The van der Waals surface area contributed by atoms with Gasteiger partial charge in [-0.2, -0.15) is 20.2 Å². The fraction of sp³-hybridized carbons (Fsp3) is 0.391. The summed E-state index contributed by atoms with van der Waals surface area (Å²) >= 11 is 1.91. The molecule has 0 spiro atoms. The van der Waals surface area contributed by atoms with E-state index in [1.54, 1.807) is 12.1 Å². The molecule has 0 radical (unpaired) electrons. The van der Waals surface area contributed by atoms with Crippen molar-refractivity contribution in [3.05, 3.63) is 65.9 Å². The van der Waals surface area contributed by atoms with E-state index in [1.165, 1.54) is 37.1 Å². The van der Waals surface area contributed by atoms with Gasteiger partial charge in [-0.25, -0.2) is 0 Å². The first-order valence-corrected chi connectivity index (χ1v) is 13.3. The first-order valence-electron chi connectivity index (χ1n) is 10.3. The van der Waals surface area contributed by atoms with E-state index < -0.39 is 10.1 Å². The maximum Gasteiger partial charge on any atom is 0.306 e. The van der Waals surface area contributed by atoms with Gasteiger partial charge in [0.05, 0.1) is 6.26 Å². The van der Waals surface area contributed by atoms with Gasteiger partial charge >= 0.3 is 10.1 Å². The average Bonchev–Trinajstić information content (AvgIpc) is 3.13. The van der Waals surface area contributed by atoms with Crippen LogP contribution < -0.4 is 4.18 Å². The Morgan fingerprint density at radius 1 is 1.13 bits per heavy atom. The number of piperidine rings is 1. The van der Waals surface area contributed by atoms with Crippen LogP contribution in [0.2, 0.25) is 0 Å². The molecule has 5 nitrogen and oxygen atoms in total. The molecule has 2 heterocycles. The number of thioether (sulfide) groups is 1. The molecule has 1 N–H and O–H groups in total. The van der Waals surface area contributed by atoms with Crippen LogP contribution in [-0.2, 0) is 15.9 Å². The summed E-state index contributed by atoms with van der Waals surface area (Å²) in [6.07, 6.45) is 5.54. The fourth-order valence-electron chi connectivity index (χ4n) is 4.09. The molecule has 2 aromatic carbocycles. The first-order chi connectivity index (χ1) is 14.5. The van der Waals surface area contributed by atoms with Crippen LogP contribution in [0.4, 0.5) is 0 Å². The minimum absolute atomic E-state index is 0.358. The average molecular weight is 445 g/mol. The molecule has 30 heavy (non-hydrogen) atoms. The monoisotopic (exact) mass is 444 g/mol. The van der Waals surface area contributed by atoms with E-state index in [-0.39, 0.29) is 0 Å². The lowest BCUT2D eigenvalue weighted by Gasteiger charge is -2.32. The molecule has 0 amide bonds. The van der Waals surface area contributed by atoms with E-state index in [4.69, 9.17) is 4.18 Å². The fourth-order valence-corrected chi connectivity index (χ4v) is 5.54. The number of hydrogen-bond donors (Lipinski definition) is 1. The van der Waals surface area contributed by atoms with Crippen LogP contribution in [-0.4, -0.2) is 49.9 Å². The number of nitrogens with zero attached hydrogens (tertiary/aromatic N) is 1. The van der Waals surface area contributed by atoms with Crippen molar-refractivity contribution in [2.45, 2.75) is 24.5 Å². The van der Waals surface area contributed by atoms with E-state index in [0.29, 0.717) is 11.7 Å². The van der Waals surface area contributed by atoms with E-state index in [0.717, 1.165) is 35.2 Å². The minimum Gasteiger partial charge on any atom is -0.383 e. The highest BCUT2D eigenvalue weighted by Crippen LogP contribution is 2.29. The summed E-state index contributed by atoms with van der Waals surface area (Å²) in [5.74, 6) is 3.03. The summed E-state index contributed by atoms with van der Waals surface area (Å²) in [6, 6.07) is 16.2. The minimum atomic E-state index is -3.52.